The van der Waals surface area contributed by atoms with Crippen LogP contribution in [-0.4, -0.2) is 6.54 Å². The van der Waals surface area contributed by atoms with Gasteiger partial charge in [-0.1, -0.05) is 19.9 Å². The summed E-state index contributed by atoms with van der Waals surface area (Å²) in [5, 5.41) is 3.29. The van der Waals surface area contributed by atoms with Gasteiger partial charge < -0.3 is 5.32 Å². The van der Waals surface area contributed by atoms with E-state index in [1.54, 1.807) is 6.07 Å². The van der Waals surface area contributed by atoms with Crippen LogP contribution >= 0.6 is 0 Å². The van der Waals surface area contributed by atoms with Crippen molar-refractivity contribution < 1.29 is 8.78 Å². The quantitative estimate of drug-likeness (QED) is 0.792. The molecule has 1 aliphatic rings. The molecule has 2 atom stereocenters. The molecular weight excluding hydrogens is 196 g/mol. The smallest absolute Gasteiger partial charge is 0.162 e. The summed E-state index contributed by atoms with van der Waals surface area (Å²) in [7, 11) is 0. The van der Waals surface area contributed by atoms with E-state index in [2.05, 4.69) is 5.32 Å². The minimum Gasteiger partial charge on any atom is -0.310 e. The molecule has 1 nitrogen and oxygen atoms in total. The van der Waals surface area contributed by atoms with E-state index in [1.165, 1.54) is 6.07 Å². The van der Waals surface area contributed by atoms with E-state index in [9.17, 15) is 8.78 Å². The number of hydrogen-bond donors (Lipinski definition) is 1. The summed E-state index contributed by atoms with van der Waals surface area (Å²) in [5.41, 5.74) is 1.48. The van der Waals surface area contributed by atoms with Gasteiger partial charge in [-0.25, -0.2) is 8.78 Å². The third kappa shape index (κ3) is 1.65. The molecule has 0 heterocycles. The second-order valence-corrected chi connectivity index (χ2v) is 4.11. The number of rotatable bonds is 2. The summed E-state index contributed by atoms with van der Waals surface area (Å²) in [6.07, 6.45) is 0.851. The molecule has 0 fully saturated rings. The van der Waals surface area contributed by atoms with Crippen LogP contribution in [0.3, 0.4) is 0 Å². The minimum atomic E-state index is -0.738. The fraction of sp³-hybridized carbons (Fsp3) is 0.500. The summed E-state index contributed by atoms with van der Waals surface area (Å²) in [6.45, 7) is 4.80. The highest BCUT2D eigenvalue weighted by Crippen LogP contribution is 2.41. The Balaban J connectivity index is 2.45. The maximum absolute atomic E-state index is 13.6. The van der Waals surface area contributed by atoms with Gasteiger partial charge in [-0.05, 0) is 36.1 Å². The number of hydrogen-bond acceptors (Lipinski definition) is 1. The molecule has 0 amide bonds. The van der Waals surface area contributed by atoms with Crippen molar-refractivity contribution in [3.63, 3.8) is 0 Å². The molecule has 0 saturated carbocycles. The molecule has 0 spiro atoms. The van der Waals surface area contributed by atoms with Crippen molar-refractivity contribution in [1.29, 1.82) is 0 Å². The van der Waals surface area contributed by atoms with Gasteiger partial charge in [-0.3, -0.25) is 0 Å². The molecule has 0 bridgehead atoms. The largest absolute Gasteiger partial charge is 0.310 e. The van der Waals surface area contributed by atoms with Gasteiger partial charge in [0, 0.05) is 6.04 Å². The third-order valence-corrected chi connectivity index (χ3v) is 3.07. The van der Waals surface area contributed by atoms with Crippen LogP contribution < -0.4 is 5.32 Å². The topological polar surface area (TPSA) is 12.0 Å². The predicted octanol–water partition coefficient (Wildman–Crippen LogP) is 3.12. The molecule has 0 aliphatic heterocycles. The lowest BCUT2D eigenvalue weighted by atomic mass is 10.0. The van der Waals surface area contributed by atoms with Crippen LogP contribution in [0.15, 0.2) is 12.1 Å². The molecule has 1 N–H and O–H groups in total. The molecule has 3 heteroatoms. The van der Waals surface area contributed by atoms with Crippen LogP contribution in [0.5, 0.6) is 0 Å². The zero-order valence-corrected chi connectivity index (χ0v) is 8.98. The van der Waals surface area contributed by atoms with E-state index in [0.29, 0.717) is 5.56 Å². The molecule has 1 aromatic carbocycles. The first-order valence-corrected chi connectivity index (χ1v) is 5.36. The van der Waals surface area contributed by atoms with Crippen LogP contribution in [0.1, 0.15) is 43.4 Å². The van der Waals surface area contributed by atoms with Gasteiger partial charge in [0.15, 0.2) is 11.6 Å². The third-order valence-electron chi connectivity index (χ3n) is 3.07. The second-order valence-electron chi connectivity index (χ2n) is 4.11. The molecule has 1 aromatic rings. The standard InChI is InChI=1S/C12H15F2N/c1-3-15-10-6-7(2)11-8(10)4-5-9(13)12(11)14/h4-5,7,10,15H,3,6H2,1-2H3. The predicted molar refractivity (Wildman–Crippen MR) is 55.8 cm³/mol. The van der Waals surface area contributed by atoms with Gasteiger partial charge in [0.1, 0.15) is 0 Å². The summed E-state index contributed by atoms with van der Waals surface area (Å²) in [5.74, 6) is -1.31. The van der Waals surface area contributed by atoms with E-state index in [-0.39, 0.29) is 12.0 Å². The molecule has 1 aliphatic carbocycles. The molecule has 0 saturated heterocycles. The van der Waals surface area contributed by atoms with Crippen molar-refractivity contribution in [2.24, 2.45) is 0 Å². The summed E-state index contributed by atoms with van der Waals surface area (Å²) < 4.78 is 26.6. The molecule has 0 radical (unpaired) electrons. The lowest BCUT2D eigenvalue weighted by molar-refractivity contribution is 0.491. The van der Waals surface area contributed by atoms with Crippen LogP contribution in [0, 0.1) is 11.6 Å². The number of fused-ring (bicyclic) bond motifs is 1. The first-order valence-electron chi connectivity index (χ1n) is 5.36. The van der Waals surface area contributed by atoms with Crippen LogP contribution in [0.2, 0.25) is 0 Å². The van der Waals surface area contributed by atoms with Gasteiger partial charge in [0.05, 0.1) is 0 Å². The van der Waals surface area contributed by atoms with Gasteiger partial charge in [-0.15, -0.1) is 0 Å². The van der Waals surface area contributed by atoms with Gasteiger partial charge in [0.25, 0.3) is 0 Å². The number of benzene rings is 1. The van der Waals surface area contributed by atoms with E-state index >= 15 is 0 Å². The molecule has 0 aromatic heterocycles. The van der Waals surface area contributed by atoms with Crippen molar-refractivity contribution >= 4 is 0 Å². The average Bonchev–Trinajstić information content (AvgIpc) is 2.51. The summed E-state index contributed by atoms with van der Waals surface area (Å²) in [6, 6.07) is 3.09. The fourth-order valence-electron chi connectivity index (χ4n) is 2.42. The van der Waals surface area contributed by atoms with Crippen molar-refractivity contribution in [2.45, 2.75) is 32.2 Å². The van der Waals surface area contributed by atoms with Crippen LogP contribution in [-0.2, 0) is 0 Å². The highest BCUT2D eigenvalue weighted by Gasteiger charge is 2.31. The fourth-order valence-corrected chi connectivity index (χ4v) is 2.42. The molecular formula is C12H15F2N. The number of nitrogens with one attached hydrogen (secondary N) is 1. The van der Waals surface area contributed by atoms with Crippen LogP contribution in [0.25, 0.3) is 0 Å². The summed E-state index contributed by atoms with van der Waals surface area (Å²) in [4.78, 5) is 0. The monoisotopic (exact) mass is 211 g/mol. The Hall–Kier alpha value is -0.960. The van der Waals surface area contributed by atoms with Crippen molar-refractivity contribution in [2.75, 3.05) is 6.54 Å². The molecule has 2 unspecified atom stereocenters. The highest BCUT2D eigenvalue weighted by molar-refractivity contribution is 5.39. The average molecular weight is 211 g/mol. The van der Waals surface area contributed by atoms with E-state index < -0.39 is 11.6 Å². The Morgan fingerprint density at radius 3 is 2.80 bits per heavy atom. The zero-order valence-electron chi connectivity index (χ0n) is 8.98. The Bertz CT molecular complexity index is 376. The van der Waals surface area contributed by atoms with Crippen LogP contribution in [0.4, 0.5) is 8.78 Å². The SMILES string of the molecule is CCNC1CC(C)c2c1ccc(F)c2F. The normalized spacial score (nSPS) is 24.3. The van der Waals surface area contributed by atoms with Gasteiger partial charge in [0.2, 0.25) is 0 Å². The van der Waals surface area contributed by atoms with Crippen molar-refractivity contribution in [1.82, 2.24) is 5.32 Å². The Morgan fingerprint density at radius 2 is 2.13 bits per heavy atom. The van der Waals surface area contributed by atoms with E-state index in [4.69, 9.17) is 0 Å². The van der Waals surface area contributed by atoms with E-state index in [0.717, 1.165) is 18.5 Å². The lowest BCUT2D eigenvalue weighted by Crippen LogP contribution is -2.18. The maximum atomic E-state index is 13.6. The number of halogens is 2. The Morgan fingerprint density at radius 1 is 1.40 bits per heavy atom. The Labute approximate surface area is 88.5 Å². The first-order chi connectivity index (χ1) is 7.15. The van der Waals surface area contributed by atoms with Crippen molar-refractivity contribution in [3.8, 4) is 0 Å². The Kier molecular flexibility index (Phi) is 2.74. The zero-order chi connectivity index (χ0) is 11.0. The summed E-state index contributed by atoms with van der Waals surface area (Å²) >= 11 is 0. The van der Waals surface area contributed by atoms with Gasteiger partial charge >= 0.3 is 0 Å². The van der Waals surface area contributed by atoms with Crippen molar-refractivity contribution in [3.05, 3.63) is 34.9 Å². The van der Waals surface area contributed by atoms with E-state index in [1.807, 2.05) is 13.8 Å². The van der Waals surface area contributed by atoms with Gasteiger partial charge in [-0.2, -0.15) is 0 Å². The molecule has 82 valence electrons. The first kappa shape index (κ1) is 10.6. The lowest BCUT2D eigenvalue weighted by Gasteiger charge is -2.11. The molecule has 15 heavy (non-hydrogen) atoms. The minimum absolute atomic E-state index is 0.0970. The highest BCUT2D eigenvalue weighted by atomic mass is 19.2. The second kappa shape index (κ2) is 3.89. The maximum Gasteiger partial charge on any atom is 0.162 e. The molecule has 2 rings (SSSR count).